The van der Waals surface area contributed by atoms with Crippen LogP contribution in [0.25, 0.3) is 44.7 Å². The number of nitrogens with two attached hydrogens (primary N) is 1. The van der Waals surface area contributed by atoms with E-state index in [9.17, 15) is 14.4 Å². The fourth-order valence-electron chi connectivity index (χ4n) is 4.73. The third-order valence-corrected chi connectivity index (χ3v) is 6.72. The van der Waals surface area contributed by atoms with Crippen molar-refractivity contribution in [1.29, 1.82) is 0 Å². The van der Waals surface area contributed by atoms with Crippen molar-refractivity contribution in [1.82, 2.24) is 34.8 Å². The van der Waals surface area contributed by atoms with Gasteiger partial charge in [-0.3, -0.25) is 23.9 Å². The third kappa shape index (κ3) is 5.11. The number of H-pyrrole nitrogens is 2. The largest absolute Gasteiger partial charge is 0.366 e. The van der Waals surface area contributed by atoms with Crippen LogP contribution in [0.4, 0.5) is 0 Å². The van der Waals surface area contributed by atoms with Crippen LogP contribution in [-0.4, -0.2) is 41.3 Å². The molecule has 0 unspecified atom stereocenters. The van der Waals surface area contributed by atoms with Gasteiger partial charge in [0.1, 0.15) is 12.4 Å². The van der Waals surface area contributed by atoms with E-state index >= 15 is 0 Å². The molecule has 0 radical (unpaired) electrons. The normalized spacial score (nSPS) is 11.0. The molecule has 202 valence electrons. The van der Waals surface area contributed by atoms with Gasteiger partial charge in [0.25, 0.3) is 5.56 Å². The molecule has 0 saturated carbocycles. The average Bonchev–Trinajstić information content (AvgIpc) is 3.68. The highest BCUT2D eigenvalue weighted by Gasteiger charge is 2.20. The van der Waals surface area contributed by atoms with Crippen molar-refractivity contribution < 1.29 is 9.59 Å². The molecule has 0 spiro atoms. The summed E-state index contributed by atoms with van der Waals surface area (Å²) in [6.07, 6.45) is 8.00. The number of nitrogens with one attached hydrogen (secondary N) is 3. The number of benzene rings is 2. The molecule has 0 aliphatic heterocycles. The number of hydrogen-bond donors (Lipinski definition) is 4. The zero-order valence-corrected chi connectivity index (χ0v) is 21.7. The minimum absolute atomic E-state index is 0.135. The van der Waals surface area contributed by atoms with E-state index in [4.69, 9.17) is 5.73 Å². The molecule has 0 aliphatic rings. The number of nitrogens with zero attached hydrogens (tertiary/aromatic N) is 4. The summed E-state index contributed by atoms with van der Waals surface area (Å²) < 4.78 is 1.31. The molecule has 41 heavy (non-hydrogen) atoms. The van der Waals surface area contributed by atoms with Crippen LogP contribution in [0.15, 0.2) is 96.6 Å². The molecule has 2 amide bonds. The standard InChI is InChI=1S/C30H24N8O3/c31-28(40)22-7-6-19(26-15-33-17-36-26)11-23(22)24-14-35-29(18-4-2-1-3-5-18)38(30(24)41)16-27(39)34-13-21-10-20-12-32-9-8-25(20)37-21/h1-12,14-15,17,37H,13,16H2,(H2,31,40)(H,33,36)(H,34,39). The maximum Gasteiger partial charge on any atom is 0.262 e. The van der Waals surface area contributed by atoms with Crippen LogP contribution in [0, 0.1) is 0 Å². The highest BCUT2D eigenvalue weighted by Crippen LogP contribution is 2.28. The van der Waals surface area contributed by atoms with E-state index in [1.165, 1.54) is 17.1 Å². The maximum absolute atomic E-state index is 14.0. The van der Waals surface area contributed by atoms with E-state index < -0.39 is 11.5 Å². The Balaban J connectivity index is 1.39. The molecular formula is C30H24N8O3. The van der Waals surface area contributed by atoms with Gasteiger partial charge < -0.3 is 21.0 Å². The first-order valence-corrected chi connectivity index (χ1v) is 12.7. The van der Waals surface area contributed by atoms with E-state index in [1.807, 2.05) is 42.5 Å². The Kier molecular flexibility index (Phi) is 6.66. The van der Waals surface area contributed by atoms with Gasteiger partial charge in [-0.2, -0.15) is 0 Å². The van der Waals surface area contributed by atoms with Crippen molar-refractivity contribution in [2.24, 2.45) is 5.73 Å². The van der Waals surface area contributed by atoms with Crippen LogP contribution in [0.3, 0.4) is 0 Å². The number of primary amides is 1. The lowest BCUT2D eigenvalue weighted by molar-refractivity contribution is -0.121. The number of amides is 2. The van der Waals surface area contributed by atoms with Gasteiger partial charge in [0.2, 0.25) is 11.8 Å². The second-order valence-electron chi connectivity index (χ2n) is 9.38. The molecule has 0 saturated heterocycles. The number of carbonyl (C=O) groups excluding carboxylic acids is 2. The molecular weight excluding hydrogens is 520 g/mol. The Morgan fingerprint density at radius 3 is 2.54 bits per heavy atom. The third-order valence-electron chi connectivity index (χ3n) is 6.72. The molecule has 0 bridgehead atoms. The zero-order chi connectivity index (χ0) is 28.3. The summed E-state index contributed by atoms with van der Waals surface area (Å²) in [6.45, 7) is -0.0636. The predicted octanol–water partition coefficient (Wildman–Crippen LogP) is 3.26. The minimum Gasteiger partial charge on any atom is -0.366 e. The summed E-state index contributed by atoms with van der Waals surface area (Å²) in [7, 11) is 0. The van der Waals surface area contributed by atoms with Crippen LogP contribution in [-0.2, 0) is 17.9 Å². The maximum atomic E-state index is 14.0. The number of carbonyl (C=O) groups is 2. The van der Waals surface area contributed by atoms with E-state index in [0.29, 0.717) is 28.2 Å². The number of aromatic nitrogens is 6. The fourth-order valence-corrected chi connectivity index (χ4v) is 4.73. The van der Waals surface area contributed by atoms with Crippen LogP contribution >= 0.6 is 0 Å². The van der Waals surface area contributed by atoms with E-state index in [1.54, 1.807) is 36.8 Å². The van der Waals surface area contributed by atoms with Crippen molar-refractivity contribution in [2.75, 3.05) is 0 Å². The van der Waals surface area contributed by atoms with Gasteiger partial charge in [-0.15, -0.1) is 0 Å². The molecule has 4 heterocycles. The second-order valence-corrected chi connectivity index (χ2v) is 9.38. The highest BCUT2D eigenvalue weighted by atomic mass is 16.2. The first kappa shape index (κ1) is 25.4. The molecule has 5 N–H and O–H groups in total. The van der Waals surface area contributed by atoms with Crippen molar-refractivity contribution in [3.05, 3.63) is 113 Å². The zero-order valence-electron chi connectivity index (χ0n) is 21.7. The minimum atomic E-state index is -0.694. The molecule has 4 aromatic heterocycles. The molecule has 0 atom stereocenters. The van der Waals surface area contributed by atoms with Gasteiger partial charge in [0, 0.05) is 57.4 Å². The molecule has 6 rings (SSSR count). The monoisotopic (exact) mass is 544 g/mol. The van der Waals surface area contributed by atoms with Crippen molar-refractivity contribution >= 4 is 22.7 Å². The summed E-state index contributed by atoms with van der Waals surface area (Å²) >= 11 is 0. The number of rotatable bonds is 8. The van der Waals surface area contributed by atoms with Crippen molar-refractivity contribution in [2.45, 2.75) is 13.1 Å². The average molecular weight is 545 g/mol. The molecule has 6 aromatic rings. The topological polar surface area (TPSA) is 164 Å². The lowest BCUT2D eigenvalue weighted by Crippen LogP contribution is -2.34. The number of fused-ring (bicyclic) bond motifs is 1. The smallest absolute Gasteiger partial charge is 0.262 e. The fraction of sp³-hybridized carbons (Fsp3) is 0.0667. The Morgan fingerprint density at radius 1 is 0.927 bits per heavy atom. The Bertz CT molecular complexity index is 1910. The van der Waals surface area contributed by atoms with Crippen LogP contribution in [0.1, 0.15) is 16.1 Å². The lowest BCUT2D eigenvalue weighted by Gasteiger charge is -2.15. The Morgan fingerprint density at radius 2 is 1.78 bits per heavy atom. The second kappa shape index (κ2) is 10.7. The summed E-state index contributed by atoms with van der Waals surface area (Å²) in [6, 6.07) is 17.8. The first-order chi connectivity index (χ1) is 20.0. The van der Waals surface area contributed by atoms with Gasteiger partial charge in [-0.25, -0.2) is 9.97 Å². The van der Waals surface area contributed by atoms with E-state index in [-0.39, 0.29) is 30.1 Å². The number of hydrogen-bond acceptors (Lipinski definition) is 6. The van der Waals surface area contributed by atoms with Crippen LogP contribution < -0.4 is 16.6 Å². The lowest BCUT2D eigenvalue weighted by atomic mass is 9.97. The van der Waals surface area contributed by atoms with Crippen molar-refractivity contribution in [3.8, 4) is 33.8 Å². The van der Waals surface area contributed by atoms with Gasteiger partial charge in [-0.1, -0.05) is 36.4 Å². The van der Waals surface area contributed by atoms with Crippen LogP contribution in [0.5, 0.6) is 0 Å². The first-order valence-electron chi connectivity index (χ1n) is 12.7. The number of pyridine rings is 1. The van der Waals surface area contributed by atoms with Gasteiger partial charge in [-0.05, 0) is 24.3 Å². The summed E-state index contributed by atoms with van der Waals surface area (Å²) in [5, 5.41) is 3.80. The molecule has 2 aromatic carbocycles. The van der Waals surface area contributed by atoms with Gasteiger partial charge in [0.05, 0.1) is 30.3 Å². The molecule has 0 aliphatic carbocycles. The number of imidazole rings is 1. The summed E-state index contributed by atoms with van der Waals surface area (Å²) in [4.78, 5) is 58.5. The molecule has 0 fully saturated rings. The Hall–Kier alpha value is -5.84. The van der Waals surface area contributed by atoms with E-state index in [2.05, 4.69) is 30.2 Å². The van der Waals surface area contributed by atoms with Crippen LogP contribution in [0.2, 0.25) is 0 Å². The van der Waals surface area contributed by atoms with Crippen molar-refractivity contribution in [3.63, 3.8) is 0 Å². The Labute approximate surface area is 233 Å². The summed E-state index contributed by atoms with van der Waals surface area (Å²) in [5.74, 6) is -0.765. The van der Waals surface area contributed by atoms with Gasteiger partial charge in [0.15, 0.2) is 0 Å². The molecule has 11 heteroatoms. The predicted molar refractivity (Wildman–Crippen MR) is 153 cm³/mol. The number of aromatic amines is 2. The molecule has 11 nitrogen and oxygen atoms in total. The van der Waals surface area contributed by atoms with E-state index in [0.717, 1.165) is 16.6 Å². The SMILES string of the molecule is NC(=O)c1ccc(-c2cnc[nH]2)cc1-c1cnc(-c2ccccc2)n(CC(=O)NCc2cc3cnccc3[nH]2)c1=O. The van der Waals surface area contributed by atoms with Gasteiger partial charge >= 0.3 is 0 Å². The quantitative estimate of drug-likeness (QED) is 0.230. The summed E-state index contributed by atoms with van der Waals surface area (Å²) in [5.41, 5.74) is 9.55. The highest BCUT2D eigenvalue weighted by molar-refractivity contribution is 6.00.